The van der Waals surface area contributed by atoms with Crippen molar-refractivity contribution >= 4 is 69.8 Å². The molecule has 0 aliphatic rings. The van der Waals surface area contributed by atoms with E-state index >= 15 is 0 Å². The van der Waals surface area contributed by atoms with Gasteiger partial charge in [0, 0.05) is 0 Å². The van der Waals surface area contributed by atoms with Gasteiger partial charge in [-0.3, -0.25) is 0 Å². The molecule has 3 aromatic rings. The van der Waals surface area contributed by atoms with Crippen molar-refractivity contribution < 1.29 is 19.8 Å². The summed E-state index contributed by atoms with van der Waals surface area (Å²) in [6.07, 6.45) is 0. The normalized spacial score (nSPS) is 9.08. The van der Waals surface area contributed by atoms with Crippen molar-refractivity contribution in [3.63, 3.8) is 0 Å². The number of rotatable bonds is 3. The third-order valence-electron chi connectivity index (χ3n) is 3.19. The van der Waals surface area contributed by atoms with Crippen LogP contribution in [0.1, 0.15) is 0 Å². The second-order valence-corrected chi connectivity index (χ2v) is 7.63. The van der Waals surface area contributed by atoms with Gasteiger partial charge in [0.2, 0.25) is 0 Å². The van der Waals surface area contributed by atoms with Gasteiger partial charge in [-0.05, 0) is 36.4 Å². The molecule has 0 heterocycles. The van der Waals surface area contributed by atoms with E-state index in [1.54, 1.807) is 0 Å². The van der Waals surface area contributed by atoms with Gasteiger partial charge in [-0.1, -0.05) is 59.2 Å². The average Bonchev–Trinajstić information content (AvgIpc) is 2.58. The zero-order chi connectivity index (χ0) is 16.5. The Hall–Kier alpha value is -0.670. The smallest absolute Gasteiger partial charge is 0.870 e. The quantitative estimate of drug-likeness (QED) is 0.485. The first-order chi connectivity index (χ1) is 11.2. The molecule has 0 saturated carbocycles. The molecule has 0 fully saturated rings. The largest absolute Gasteiger partial charge is 2.00 e. The van der Waals surface area contributed by atoms with Crippen molar-refractivity contribution in [2.24, 2.45) is 0 Å². The third kappa shape index (κ3) is 8.50. The first kappa shape index (κ1) is 24.3. The molecule has 0 saturated heterocycles. The Morgan fingerprint density at radius 2 is 0.800 bits per heavy atom. The third-order valence-corrected chi connectivity index (χ3v) is 5.92. The molecule has 0 spiro atoms. The van der Waals surface area contributed by atoms with Crippen LogP contribution in [0.2, 0.25) is 0 Å². The summed E-state index contributed by atoms with van der Waals surface area (Å²) in [5, 5.41) is 4.31. The summed E-state index contributed by atoms with van der Waals surface area (Å²) in [6, 6.07) is 32.5. The molecule has 0 aliphatic heterocycles. The van der Waals surface area contributed by atoms with E-state index in [-0.39, 0.29) is 43.2 Å². The molecule has 0 bridgehead atoms. The van der Waals surface area contributed by atoms with Gasteiger partial charge in [0.15, 0.2) is 0 Å². The van der Waals surface area contributed by atoms with E-state index in [0.29, 0.717) is 0 Å². The molecule has 0 unspecified atom stereocenters. The fourth-order valence-electron chi connectivity index (χ4n) is 2.31. The maximum absolute atomic E-state index is 8.48. The van der Waals surface area contributed by atoms with Crippen LogP contribution in [-0.2, 0) is 4.57 Å². The minimum atomic E-state index is -3.37. The fraction of sp³-hybridized carbons (Fsp3) is 0. The topological polar surface area (TPSA) is 93.2 Å². The Kier molecular flexibility index (Phi) is 13.2. The molecule has 3 aromatic carbocycles. The van der Waals surface area contributed by atoms with E-state index < -0.39 is 16.2 Å². The number of hydrogen-bond acceptors (Lipinski definition) is 4. The fourth-order valence-corrected chi connectivity index (χ4v) is 4.89. The predicted molar refractivity (Wildman–Crippen MR) is 102 cm³/mol. The first-order valence-electron chi connectivity index (χ1n) is 7.03. The van der Waals surface area contributed by atoms with E-state index in [1.807, 2.05) is 0 Å². The van der Waals surface area contributed by atoms with Crippen LogP contribution in [0.4, 0.5) is 0 Å². The van der Waals surface area contributed by atoms with Crippen molar-refractivity contribution in [2.75, 3.05) is 0 Å². The molecule has 7 heteroatoms. The van der Waals surface area contributed by atoms with Crippen LogP contribution in [0.15, 0.2) is 91.0 Å². The van der Waals surface area contributed by atoms with Crippen LogP contribution in [-0.4, -0.2) is 43.2 Å². The zero-order valence-corrected chi connectivity index (χ0v) is 17.6. The number of benzene rings is 3. The maximum Gasteiger partial charge on any atom is 2.00 e. The Bertz CT molecular complexity index is 630. The summed E-state index contributed by atoms with van der Waals surface area (Å²) in [5.74, 6) is 0. The molecule has 25 heavy (non-hydrogen) atoms. The van der Waals surface area contributed by atoms with Crippen LogP contribution in [0.5, 0.6) is 0 Å². The van der Waals surface area contributed by atoms with Gasteiger partial charge in [-0.2, -0.15) is 0 Å². The molecule has 1 N–H and O–H groups in total. The molecular formula is C18H17CaO4P2+. The van der Waals surface area contributed by atoms with Crippen LogP contribution in [0.25, 0.3) is 0 Å². The van der Waals surface area contributed by atoms with Crippen LogP contribution in [0, 0.1) is 0 Å². The van der Waals surface area contributed by atoms with Crippen molar-refractivity contribution in [1.82, 2.24) is 0 Å². The van der Waals surface area contributed by atoms with Crippen molar-refractivity contribution in [2.45, 2.75) is 0 Å². The van der Waals surface area contributed by atoms with Crippen LogP contribution < -0.4 is 25.7 Å². The van der Waals surface area contributed by atoms with E-state index in [0.717, 1.165) is 0 Å². The Morgan fingerprint density at radius 3 is 1.00 bits per heavy atom. The Labute approximate surface area is 179 Å². The molecule has 3 rings (SSSR count). The first-order valence-corrected chi connectivity index (χ1v) is 9.63. The molecule has 124 valence electrons. The SMILES string of the molecule is O=[P+]([O-])[O-].[Ca+2].[OH-].c1ccc([PH+](c2ccccc2)c2ccccc2)cc1. The summed E-state index contributed by atoms with van der Waals surface area (Å²) < 4.78 is 8.48. The monoisotopic (exact) mass is 399 g/mol. The standard InChI is InChI=1S/C18H15P.Ca.HO3P.H2O/c1-4-10-16(11-5-1)19(17-12-6-2-7-13-17)18-14-8-3-9-15-18;;1-4(2)3;/h1-15H;;(H,1,2,3);1H2/q;+2;;/p-1. The Morgan fingerprint density at radius 1 is 0.600 bits per heavy atom. The summed E-state index contributed by atoms with van der Waals surface area (Å²) in [7, 11) is -4.25. The second-order valence-electron chi connectivity index (χ2n) is 4.70. The number of hydrogen-bond donors (Lipinski definition) is 0. The van der Waals surface area contributed by atoms with Gasteiger partial charge in [0.05, 0.1) is 7.92 Å². The van der Waals surface area contributed by atoms with E-state index in [9.17, 15) is 0 Å². The van der Waals surface area contributed by atoms with Crippen molar-refractivity contribution in [3.05, 3.63) is 91.0 Å². The summed E-state index contributed by atoms with van der Waals surface area (Å²) in [4.78, 5) is 17.0. The van der Waals surface area contributed by atoms with Crippen molar-refractivity contribution in [1.29, 1.82) is 0 Å². The van der Waals surface area contributed by atoms with Crippen LogP contribution in [0.3, 0.4) is 0 Å². The molecule has 0 amide bonds. The van der Waals surface area contributed by atoms with E-state index in [4.69, 9.17) is 14.4 Å². The molecule has 4 nitrogen and oxygen atoms in total. The molecule has 0 aliphatic carbocycles. The summed E-state index contributed by atoms with van der Waals surface area (Å²) in [6.45, 7) is 0. The van der Waals surface area contributed by atoms with Crippen LogP contribution >= 0.6 is 16.2 Å². The van der Waals surface area contributed by atoms with Gasteiger partial charge in [-0.15, -0.1) is 0 Å². The predicted octanol–water partition coefficient (Wildman–Crippen LogP) is 0.984. The molecule has 0 radical (unpaired) electrons. The van der Waals surface area contributed by atoms with Gasteiger partial charge in [-0.25, -0.2) is 0 Å². The zero-order valence-electron chi connectivity index (χ0n) is 13.5. The average molecular weight is 399 g/mol. The second kappa shape index (κ2) is 13.5. The van der Waals surface area contributed by atoms with Crippen molar-refractivity contribution in [3.8, 4) is 0 Å². The minimum Gasteiger partial charge on any atom is -0.870 e. The molecular weight excluding hydrogens is 382 g/mol. The minimum absolute atomic E-state index is 0. The van der Waals surface area contributed by atoms with Gasteiger partial charge in [0.1, 0.15) is 15.9 Å². The van der Waals surface area contributed by atoms with Gasteiger partial charge >= 0.3 is 37.7 Å². The van der Waals surface area contributed by atoms with Gasteiger partial charge < -0.3 is 15.3 Å². The Balaban J connectivity index is 0.000000874. The van der Waals surface area contributed by atoms with E-state index in [1.165, 1.54) is 15.9 Å². The van der Waals surface area contributed by atoms with Gasteiger partial charge in [0.25, 0.3) is 8.25 Å². The molecule has 0 aromatic heterocycles. The molecule has 0 atom stereocenters. The summed E-state index contributed by atoms with van der Waals surface area (Å²) >= 11 is 0. The van der Waals surface area contributed by atoms with E-state index in [2.05, 4.69) is 91.0 Å². The maximum atomic E-state index is 8.48. The summed E-state index contributed by atoms with van der Waals surface area (Å²) in [5.41, 5.74) is 0.